The van der Waals surface area contributed by atoms with Crippen molar-refractivity contribution in [2.75, 3.05) is 6.61 Å². The highest BCUT2D eigenvalue weighted by Crippen LogP contribution is 2.42. The number of ketones is 1. The van der Waals surface area contributed by atoms with Crippen LogP contribution in [0.15, 0.2) is 66.4 Å². The van der Waals surface area contributed by atoms with E-state index in [-0.39, 0.29) is 28.3 Å². The molecule has 37 heavy (non-hydrogen) atoms. The standard InChI is InChI=1S/C29H28Cl2N2O4/c1-5-37-23-12-10-18(14-20(23)29(2,3)4)26(34)24-25(17-9-11-21(30)22(31)15-17)33(28(36)27(24)35)16-19-8-6-7-13-32-19/h6-15,25,34H,5,16H2,1-4H3/b26-24-. The zero-order chi connectivity index (χ0) is 26.9. The smallest absolute Gasteiger partial charge is 0.296 e. The molecule has 1 aliphatic rings. The molecule has 0 saturated carbocycles. The molecule has 0 spiro atoms. The summed E-state index contributed by atoms with van der Waals surface area (Å²) in [6, 6.07) is 14.6. The number of likely N-dealkylation sites (tertiary alicyclic amines) is 1. The highest BCUT2D eigenvalue weighted by molar-refractivity contribution is 6.46. The van der Waals surface area contributed by atoms with Crippen molar-refractivity contribution in [1.82, 2.24) is 9.88 Å². The summed E-state index contributed by atoms with van der Waals surface area (Å²) in [5, 5.41) is 12.1. The van der Waals surface area contributed by atoms with Gasteiger partial charge in [0.25, 0.3) is 11.7 Å². The maximum absolute atomic E-state index is 13.4. The van der Waals surface area contributed by atoms with Gasteiger partial charge >= 0.3 is 0 Å². The molecule has 1 aliphatic heterocycles. The first-order valence-electron chi connectivity index (χ1n) is 11.9. The lowest BCUT2D eigenvalue weighted by molar-refractivity contribution is -0.140. The minimum atomic E-state index is -0.888. The van der Waals surface area contributed by atoms with Crippen molar-refractivity contribution in [3.8, 4) is 5.75 Å². The molecule has 2 heterocycles. The number of nitrogens with zero attached hydrogens (tertiary/aromatic N) is 2. The van der Waals surface area contributed by atoms with Crippen LogP contribution in [0.4, 0.5) is 0 Å². The summed E-state index contributed by atoms with van der Waals surface area (Å²) in [6.45, 7) is 8.58. The van der Waals surface area contributed by atoms with Crippen molar-refractivity contribution in [2.45, 2.75) is 45.7 Å². The lowest BCUT2D eigenvalue weighted by atomic mass is 9.84. The van der Waals surface area contributed by atoms with E-state index in [1.807, 2.05) is 27.7 Å². The molecule has 3 aromatic rings. The Kier molecular flexibility index (Phi) is 7.62. The van der Waals surface area contributed by atoms with Crippen LogP contribution in [0.2, 0.25) is 10.0 Å². The van der Waals surface area contributed by atoms with Crippen LogP contribution >= 0.6 is 23.2 Å². The van der Waals surface area contributed by atoms with Gasteiger partial charge in [0.15, 0.2) is 0 Å². The number of pyridine rings is 1. The summed E-state index contributed by atoms with van der Waals surface area (Å²) >= 11 is 12.5. The summed E-state index contributed by atoms with van der Waals surface area (Å²) < 4.78 is 5.80. The normalized spacial score (nSPS) is 17.4. The molecule has 1 aromatic heterocycles. The number of aliphatic hydroxyl groups excluding tert-OH is 1. The lowest BCUT2D eigenvalue weighted by Gasteiger charge is -2.26. The van der Waals surface area contributed by atoms with E-state index < -0.39 is 17.7 Å². The van der Waals surface area contributed by atoms with E-state index in [1.165, 1.54) is 4.90 Å². The van der Waals surface area contributed by atoms with Gasteiger partial charge in [-0.25, -0.2) is 0 Å². The lowest BCUT2D eigenvalue weighted by Crippen LogP contribution is -2.29. The highest BCUT2D eigenvalue weighted by atomic mass is 35.5. The Morgan fingerprint density at radius 1 is 1.05 bits per heavy atom. The predicted octanol–water partition coefficient (Wildman–Crippen LogP) is 6.71. The van der Waals surface area contributed by atoms with E-state index in [2.05, 4.69) is 4.98 Å². The van der Waals surface area contributed by atoms with E-state index in [9.17, 15) is 14.7 Å². The van der Waals surface area contributed by atoms with Crippen molar-refractivity contribution in [3.05, 3.63) is 98.8 Å². The third-order valence-corrected chi connectivity index (χ3v) is 6.96. The first-order valence-corrected chi connectivity index (χ1v) is 12.7. The summed E-state index contributed by atoms with van der Waals surface area (Å²) in [6.07, 6.45) is 1.62. The third kappa shape index (κ3) is 5.36. The monoisotopic (exact) mass is 538 g/mol. The molecule has 8 heteroatoms. The highest BCUT2D eigenvalue weighted by Gasteiger charge is 2.46. The van der Waals surface area contributed by atoms with Crippen LogP contribution in [0.3, 0.4) is 0 Å². The fourth-order valence-corrected chi connectivity index (χ4v) is 4.75. The molecule has 0 bridgehead atoms. The van der Waals surface area contributed by atoms with Crippen LogP contribution in [0.1, 0.15) is 56.1 Å². The van der Waals surface area contributed by atoms with Gasteiger partial charge in [0.05, 0.1) is 40.5 Å². The molecule has 1 atom stereocenters. The second-order valence-electron chi connectivity index (χ2n) is 9.82. The van der Waals surface area contributed by atoms with Gasteiger partial charge in [0.2, 0.25) is 0 Å². The Hall–Kier alpha value is -3.35. The topological polar surface area (TPSA) is 79.7 Å². The number of carbonyl (C=O) groups excluding carboxylic acids is 2. The number of halogens is 2. The molecule has 1 saturated heterocycles. The van der Waals surface area contributed by atoms with Gasteiger partial charge < -0.3 is 14.7 Å². The van der Waals surface area contributed by atoms with E-state index in [4.69, 9.17) is 27.9 Å². The van der Waals surface area contributed by atoms with Crippen LogP contribution in [0, 0.1) is 0 Å². The Morgan fingerprint density at radius 3 is 2.43 bits per heavy atom. The van der Waals surface area contributed by atoms with Gasteiger partial charge in [-0.3, -0.25) is 14.6 Å². The zero-order valence-electron chi connectivity index (χ0n) is 21.1. The summed E-state index contributed by atoms with van der Waals surface area (Å²) in [5.41, 5.74) is 2.11. The molecule has 0 radical (unpaired) electrons. The molecule has 2 aromatic carbocycles. The van der Waals surface area contributed by atoms with Crippen molar-refractivity contribution in [1.29, 1.82) is 0 Å². The van der Waals surface area contributed by atoms with E-state index >= 15 is 0 Å². The first kappa shape index (κ1) is 26.7. The van der Waals surface area contributed by atoms with Crippen molar-refractivity contribution in [2.24, 2.45) is 0 Å². The summed E-state index contributed by atoms with van der Waals surface area (Å²) in [4.78, 5) is 32.4. The van der Waals surface area contributed by atoms with Crippen LogP contribution in [-0.4, -0.2) is 33.3 Å². The summed E-state index contributed by atoms with van der Waals surface area (Å²) in [5.74, 6) is -1.09. The quantitative estimate of drug-likeness (QED) is 0.214. The Balaban J connectivity index is 1.90. The first-order chi connectivity index (χ1) is 17.5. The number of amides is 1. The molecule has 1 fully saturated rings. The fourth-order valence-electron chi connectivity index (χ4n) is 4.44. The van der Waals surface area contributed by atoms with E-state index in [1.54, 1.807) is 60.8 Å². The average Bonchev–Trinajstić information content (AvgIpc) is 3.10. The molecule has 6 nitrogen and oxygen atoms in total. The van der Waals surface area contributed by atoms with Gasteiger partial charge in [-0.1, -0.05) is 56.1 Å². The molecule has 4 rings (SSSR count). The van der Waals surface area contributed by atoms with Gasteiger partial charge in [-0.05, 0) is 60.4 Å². The number of ether oxygens (including phenoxy) is 1. The molecule has 1 N–H and O–H groups in total. The number of benzene rings is 2. The van der Waals surface area contributed by atoms with Crippen molar-refractivity contribution < 1.29 is 19.4 Å². The van der Waals surface area contributed by atoms with Gasteiger partial charge in [-0.2, -0.15) is 0 Å². The fraction of sp³-hybridized carbons (Fsp3) is 0.276. The number of Topliss-reactive ketones (excluding diaryl/α,β-unsaturated/α-hetero) is 1. The van der Waals surface area contributed by atoms with Crippen LogP contribution in [0.25, 0.3) is 5.76 Å². The van der Waals surface area contributed by atoms with Crippen LogP contribution in [-0.2, 0) is 21.5 Å². The minimum absolute atomic E-state index is 0.0247. The van der Waals surface area contributed by atoms with Gasteiger partial charge in [0.1, 0.15) is 11.5 Å². The molecule has 192 valence electrons. The Labute approximate surface area is 226 Å². The maximum Gasteiger partial charge on any atom is 0.296 e. The second kappa shape index (κ2) is 10.6. The molecule has 1 unspecified atom stereocenters. The molecule has 0 aliphatic carbocycles. The second-order valence-corrected chi connectivity index (χ2v) is 10.6. The predicted molar refractivity (Wildman–Crippen MR) is 145 cm³/mol. The van der Waals surface area contributed by atoms with Gasteiger partial charge in [-0.15, -0.1) is 0 Å². The number of hydrogen-bond acceptors (Lipinski definition) is 5. The van der Waals surface area contributed by atoms with Crippen LogP contribution in [0.5, 0.6) is 5.75 Å². The number of aromatic nitrogens is 1. The molecular formula is C29H28Cl2N2O4. The third-order valence-electron chi connectivity index (χ3n) is 6.22. The Bertz CT molecular complexity index is 1380. The Morgan fingerprint density at radius 2 is 1.81 bits per heavy atom. The summed E-state index contributed by atoms with van der Waals surface area (Å²) in [7, 11) is 0. The number of aliphatic hydroxyl groups is 1. The average molecular weight is 539 g/mol. The number of carbonyl (C=O) groups is 2. The largest absolute Gasteiger partial charge is 0.507 e. The van der Waals surface area contributed by atoms with Crippen molar-refractivity contribution >= 4 is 40.7 Å². The van der Waals surface area contributed by atoms with Crippen LogP contribution < -0.4 is 4.74 Å². The maximum atomic E-state index is 13.4. The van der Waals surface area contributed by atoms with E-state index in [0.717, 1.165) is 5.56 Å². The molecule has 1 amide bonds. The molecular weight excluding hydrogens is 511 g/mol. The van der Waals surface area contributed by atoms with Crippen molar-refractivity contribution in [3.63, 3.8) is 0 Å². The SMILES string of the molecule is CCOc1ccc(/C(O)=C2/C(=O)C(=O)N(Cc3ccccn3)C2c2ccc(Cl)c(Cl)c2)cc1C(C)(C)C. The number of hydrogen-bond donors (Lipinski definition) is 1. The number of rotatable bonds is 6. The zero-order valence-corrected chi connectivity index (χ0v) is 22.6. The van der Waals surface area contributed by atoms with E-state index in [0.29, 0.717) is 34.2 Å². The van der Waals surface area contributed by atoms with Gasteiger partial charge in [0, 0.05) is 17.3 Å². The minimum Gasteiger partial charge on any atom is -0.507 e.